The summed E-state index contributed by atoms with van der Waals surface area (Å²) in [6.45, 7) is 0.779. The van der Waals surface area contributed by atoms with Crippen LogP contribution in [0.15, 0.2) is 36.5 Å². The number of fused-ring (bicyclic) bond motifs is 1. The van der Waals surface area contributed by atoms with E-state index >= 15 is 0 Å². The molecule has 1 aliphatic carbocycles. The van der Waals surface area contributed by atoms with E-state index in [1.165, 1.54) is 4.90 Å². The molecule has 2 aromatic rings. The number of nitrogens with zero attached hydrogens (tertiary/aromatic N) is 3. The van der Waals surface area contributed by atoms with Crippen LogP contribution in [0.1, 0.15) is 45.3 Å². The zero-order valence-corrected chi connectivity index (χ0v) is 12.5. The molecule has 2 aliphatic rings. The molecule has 1 saturated carbocycles. The standard InChI is InChI=1S/C17H16N4O2/c22-16-12-3-1-2-4-13(12)17(23)21(16)10-9-18-14-7-8-19-15(20-14)11-5-6-11/h1-4,7-8,11H,5-6,9-10H2,(H,18,19,20). The minimum Gasteiger partial charge on any atom is -0.368 e. The van der Waals surface area contributed by atoms with Crippen molar-refractivity contribution in [3.63, 3.8) is 0 Å². The van der Waals surface area contributed by atoms with Crippen LogP contribution in [0.3, 0.4) is 0 Å². The SMILES string of the molecule is O=C1c2ccccc2C(=O)N1CCNc1ccnc(C2CC2)n1. The average molecular weight is 308 g/mol. The molecule has 1 aliphatic heterocycles. The summed E-state index contributed by atoms with van der Waals surface area (Å²) in [6.07, 6.45) is 4.04. The summed E-state index contributed by atoms with van der Waals surface area (Å²) in [4.78, 5) is 34.5. The molecule has 0 atom stereocenters. The number of hydrogen-bond donors (Lipinski definition) is 1. The Kier molecular flexibility index (Phi) is 3.29. The molecule has 1 N–H and O–H groups in total. The molecular weight excluding hydrogens is 292 g/mol. The van der Waals surface area contributed by atoms with Gasteiger partial charge >= 0.3 is 0 Å². The van der Waals surface area contributed by atoms with Gasteiger partial charge in [0.1, 0.15) is 11.6 Å². The fourth-order valence-electron chi connectivity index (χ4n) is 2.75. The summed E-state index contributed by atoms with van der Waals surface area (Å²) in [5.41, 5.74) is 0.964. The van der Waals surface area contributed by atoms with Gasteiger partial charge in [0.15, 0.2) is 0 Å². The van der Waals surface area contributed by atoms with Crippen molar-refractivity contribution in [1.82, 2.24) is 14.9 Å². The molecule has 0 spiro atoms. The van der Waals surface area contributed by atoms with Crippen molar-refractivity contribution in [2.75, 3.05) is 18.4 Å². The van der Waals surface area contributed by atoms with Gasteiger partial charge in [0.25, 0.3) is 11.8 Å². The van der Waals surface area contributed by atoms with Crippen molar-refractivity contribution in [1.29, 1.82) is 0 Å². The highest BCUT2D eigenvalue weighted by Gasteiger charge is 2.34. The Balaban J connectivity index is 1.39. The summed E-state index contributed by atoms with van der Waals surface area (Å²) in [7, 11) is 0. The monoisotopic (exact) mass is 308 g/mol. The van der Waals surface area contributed by atoms with Crippen LogP contribution in [-0.4, -0.2) is 39.8 Å². The van der Waals surface area contributed by atoms with Crippen LogP contribution in [0.4, 0.5) is 5.82 Å². The molecule has 0 saturated heterocycles. The predicted octanol–water partition coefficient (Wildman–Crippen LogP) is 2.06. The molecule has 6 nitrogen and oxygen atoms in total. The summed E-state index contributed by atoms with van der Waals surface area (Å²) in [5, 5.41) is 3.17. The first-order valence-electron chi connectivity index (χ1n) is 7.76. The zero-order chi connectivity index (χ0) is 15.8. The minimum atomic E-state index is -0.228. The molecule has 0 radical (unpaired) electrons. The highest BCUT2D eigenvalue weighted by molar-refractivity contribution is 6.21. The van der Waals surface area contributed by atoms with Crippen molar-refractivity contribution >= 4 is 17.6 Å². The Labute approximate surface area is 133 Å². The molecular formula is C17H16N4O2. The number of imide groups is 1. The molecule has 0 bridgehead atoms. The fraction of sp³-hybridized carbons (Fsp3) is 0.294. The zero-order valence-electron chi connectivity index (χ0n) is 12.5. The van der Waals surface area contributed by atoms with Crippen molar-refractivity contribution in [3.05, 3.63) is 53.5 Å². The lowest BCUT2D eigenvalue weighted by molar-refractivity contribution is 0.0660. The van der Waals surface area contributed by atoms with E-state index in [-0.39, 0.29) is 11.8 Å². The van der Waals surface area contributed by atoms with Crippen LogP contribution in [-0.2, 0) is 0 Å². The maximum Gasteiger partial charge on any atom is 0.261 e. The van der Waals surface area contributed by atoms with Gasteiger partial charge in [-0.15, -0.1) is 0 Å². The number of aromatic nitrogens is 2. The largest absolute Gasteiger partial charge is 0.368 e. The molecule has 0 unspecified atom stereocenters. The maximum atomic E-state index is 12.3. The predicted molar refractivity (Wildman–Crippen MR) is 84.3 cm³/mol. The number of carbonyl (C=O) groups excluding carboxylic acids is 2. The average Bonchev–Trinajstić information content (AvgIpc) is 3.40. The van der Waals surface area contributed by atoms with Crippen LogP contribution in [0.5, 0.6) is 0 Å². The second-order valence-corrected chi connectivity index (χ2v) is 5.81. The second kappa shape index (κ2) is 5.46. The fourth-order valence-corrected chi connectivity index (χ4v) is 2.75. The van der Waals surface area contributed by atoms with Crippen molar-refractivity contribution in [3.8, 4) is 0 Å². The molecule has 23 heavy (non-hydrogen) atoms. The van der Waals surface area contributed by atoms with Crippen molar-refractivity contribution < 1.29 is 9.59 Å². The number of anilines is 1. The van der Waals surface area contributed by atoms with E-state index in [4.69, 9.17) is 0 Å². The van der Waals surface area contributed by atoms with Gasteiger partial charge in [0.2, 0.25) is 0 Å². The topological polar surface area (TPSA) is 75.2 Å². The first-order valence-corrected chi connectivity index (χ1v) is 7.76. The van der Waals surface area contributed by atoms with E-state index < -0.39 is 0 Å². The number of benzene rings is 1. The van der Waals surface area contributed by atoms with E-state index in [2.05, 4.69) is 15.3 Å². The van der Waals surface area contributed by atoms with Crippen LogP contribution in [0.2, 0.25) is 0 Å². The minimum absolute atomic E-state index is 0.228. The molecule has 2 amide bonds. The number of rotatable bonds is 5. The van der Waals surface area contributed by atoms with Gasteiger partial charge in [-0.2, -0.15) is 0 Å². The maximum absolute atomic E-state index is 12.3. The molecule has 1 fully saturated rings. The van der Waals surface area contributed by atoms with E-state index in [0.717, 1.165) is 24.5 Å². The normalized spacial score (nSPS) is 16.6. The first kappa shape index (κ1) is 13.9. The van der Waals surface area contributed by atoms with Crippen molar-refractivity contribution in [2.45, 2.75) is 18.8 Å². The first-order chi connectivity index (χ1) is 11.2. The Hall–Kier alpha value is -2.76. The van der Waals surface area contributed by atoms with Gasteiger partial charge in [-0.1, -0.05) is 12.1 Å². The van der Waals surface area contributed by atoms with Gasteiger partial charge in [-0.25, -0.2) is 9.97 Å². The van der Waals surface area contributed by atoms with Gasteiger partial charge in [-0.3, -0.25) is 14.5 Å². The lowest BCUT2D eigenvalue weighted by atomic mass is 10.1. The van der Waals surface area contributed by atoms with Crippen LogP contribution in [0, 0.1) is 0 Å². The summed E-state index contributed by atoms with van der Waals surface area (Å²) in [6, 6.07) is 8.72. The molecule has 2 heterocycles. The highest BCUT2D eigenvalue weighted by atomic mass is 16.2. The third-order valence-corrected chi connectivity index (χ3v) is 4.14. The summed E-state index contributed by atoms with van der Waals surface area (Å²) >= 11 is 0. The Morgan fingerprint density at radius 3 is 2.43 bits per heavy atom. The number of nitrogens with one attached hydrogen (secondary N) is 1. The Morgan fingerprint density at radius 1 is 1.09 bits per heavy atom. The molecule has 4 rings (SSSR count). The Morgan fingerprint density at radius 2 is 1.78 bits per heavy atom. The number of hydrogen-bond acceptors (Lipinski definition) is 5. The Bertz CT molecular complexity index is 751. The smallest absolute Gasteiger partial charge is 0.261 e. The van der Waals surface area contributed by atoms with Crippen molar-refractivity contribution in [2.24, 2.45) is 0 Å². The lowest BCUT2D eigenvalue weighted by Crippen LogP contribution is -2.34. The van der Waals surface area contributed by atoms with Crippen LogP contribution < -0.4 is 5.32 Å². The summed E-state index contributed by atoms with van der Waals surface area (Å²) < 4.78 is 0. The molecule has 1 aromatic carbocycles. The van der Waals surface area contributed by atoms with Gasteiger partial charge in [0.05, 0.1) is 11.1 Å². The molecule has 6 heteroatoms. The summed E-state index contributed by atoms with van der Waals surface area (Å²) in [5.74, 6) is 1.64. The number of carbonyl (C=O) groups is 2. The van der Waals surface area contributed by atoms with Crippen LogP contribution in [0.25, 0.3) is 0 Å². The second-order valence-electron chi connectivity index (χ2n) is 5.81. The van der Waals surface area contributed by atoms with Gasteiger partial charge < -0.3 is 5.32 Å². The third-order valence-electron chi connectivity index (χ3n) is 4.14. The van der Waals surface area contributed by atoms with Crippen LogP contribution >= 0.6 is 0 Å². The van der Waals surface area contributed by atoms with E-state index in [0.29, 0.717) is 30.1 Å². The molecule has 1 aromatic heterocycles. The van der Waals surface area contributed by atoms with Gasteiger partial charge in [-0.05, 0) is 31.0 Å². The highest BCUT2D eigenvalue weighted by Crippen LogP contribution is 2.38. The third kappa shape index (κ3) is 2.56. The number of amides is 2. The van der Waals surface area contributed by atoms with E-state index in [9.17, 15) is 9.59 Å². The van der Waals surface area contributed by atoms with E-state index in [1.54, 1.807) is 36.5 Å². The quantitative estimate of drug-likeness (QED) is 0.856. The lowest BCUT2D eigenvalue weighted by Gasteiger charge is -2.14. The van der Waals surface area contributed by atoms with E-state index in [1.807, 2.05) is 0 Å². The van der Waals surface area contributed by atoms with Gasteiger partial charge in [0, 0.05) is 25.2 Å². The molecule has 116 valence electrons.